The van der Waals surface area contributed by atoms with Gasteiger partial charge < -0.3 is 10.1 Å². The van der Waals surface area contributed by atoms with E-state index in [0.717, 1.165) is 31.0 Å². The normalized spacial score (nSPS) is 9.86. The van der Waals surface area contributed by atoms with Crippen LogP contribution in [0.3, 0.4) is 0 Å². The molecule has 0 saturated heterocycles. The number of nitrogens with zero attached hydrogens (tertiary/aromatic N) is 1. The molecule has 0 saturated carbocycles. The molecule has 0 aliphatic heterocycles. The number of aromatic nitrogens is 1. The number of pyridine rings is 1. The summed E-state index contributed by atoms with van der Waals surface area (Å²) >= 11 is 5.57. The fourth-order valence-corrected chi connectivity index (χ4v) is 1.30. The molecule has 1 aromatic heterocycles. The van der Waals surface area contributed by atoms with Gasteiger partial charge in [-0.05, 0) is 25.0 Å². The highest BCUT2D eigenvalue weighted by Crippen LogP contribution is 2.19. The first-order chi connectivity index (χ1) is 6.88. The van der Waals surface area contributed by atoms with Crippen LogP contribution in [0.1, 0.15) is 12.8 Å². The van der Waals surface area contributed by atoms with Gasteiger partial charge in [0.05, 0.1) is 7.11 Å². The summed E-state index contributed by atoms with van der Waals surface area (Å²) in [6, 6.07) is 3.74. The summed E-state index contributed by atoms with van der Waals surface area (Å²) in [5.74, 6) is 2.28. The van der Waals surface area contributed by atoms with Gasteiger partial charge in [-0.15, -0.1) is 11.6 Å². The second-order valence-corrected chi connectivity index (χ2v) is 3.26. The molecule has 0 radical (unpaired) electrons. The summed E-state index contributed by atoms with van der Waals surface area (Å²) in [5.41, 5.74) is 0. The van der Waals surface area contributed by atoms with Gasteiger partial charge in [0, 0.05) is 18.6 Å². The van der Waals surface area contributed by atoms with Crippen LogP contribution in [-0.2, 0) is 0 Å². The molecular formula is C10H15ClN2O. The fraction of sp³-hybridized carbons (Fsp3) is 0.500. The molecule has 1 aromatic rings. The Kier molecular flexibility index (Phi) is 5.15. The van der Waals surface area contributed by atoms with Crippen molar-refractivity contribution in [3.05, 3.63) is 18.3 Å². The third kappa shape index (κ3) is 3.42. The highest BCUT2D eigenvalue weighted by atomic mass is 35.5. The average molecular weight is 215 g/mol. The second kappa shape index (κ2) is 6.49. The molecule has 1 rings (SSSR count). The summed E-state index contributed by atoms with van der Waals surface area (Å²) in [6.45, 7) is 0.875. The smallest absolute Gasteiger partial charge is 0.168 e. The van der Waals surface area contributed by atoms with Gasteiger partial charge in [-0.2, -0.15) is 0 Å². The number of methoxy groups -OCH3 is 1. The molecule has 0 aliphatic rings. The maximum Gasteiger partial charge on any atom is 0.168 e. The topological polar surface area (TPSA) is 34.1 Å². The average Bonchev–Trinajstić information content (AvgIpc) is 2.25. The molecule has 0 spiro atoms. The SMILES string of the molecule is COc1cccnc1NCCCCCl. The highest BCUT2D eigenvalue weighted by molar-refractivity contribution is 6.17. The Hall–Kier alpha value is -0.960. The summed E-state index contributed by atoms with van der Waals surface area (Å²) in [6.07, 6.45) is 3.80. The van der Waals surface area contributed by atoms with Crippen molar-refractivity contribution in [2.75, 3.05) is 24.9 Å². The number of nitrogens with one attached hydrogen (secondary N) is 1. The predicted octanol–water partition coefficient (Wildman–Crippen LogP) is 2.52. The fourth-order valence-electron chi connectivity index (χ4n) is 1.11. The Morgan fingerprint density at radius 2 is 2.36 bits per heavy atom. The van der Waals surface area contributed by atoms with Crippen LogP contribution in [0.15, 0.2) is 18.3 Å². The molecule has 0 fully saturated rings. The lowest BCUT2D eigenvalue weighted by Crippen LogP contribution is -2.04. The second-order valence-electron chi connectivity index (χ2n) is 2.88. The van der Waals surface area contributed by atoms with Gasteiger partial charge >= 0.3 is 0 Å². The van der Waals surface area contributed by atoms with Gasteiger partial charge in [-0.1, -0.05) is 0 Å². The predicted molar refractivity (Wildman–Crippen MR) is 59.2 cm³/mol. The van der Waals surface area contributed by atoms with Crippen LogP contribution in [0.25, 0.3) is 0 Å². The van der Waals surface area contributed by atoms with E-state index in [1.165, 1.54) is 0 Å². The summed E-state index contributed by atoms with van der Waals surface area (Å²) in [4.78, 5) is 4.18. The van der Waals surface area contributed by atoms with Crippen molar-refractivity contribution in [3.8, 4) is 5.75 Å². The first kappa shape index (κ1) is 11.1. The molecule has 1 heterocycles. The molecule has 0 bridgehead atoms. The number of anilines is 1. The van der Waals surface area contributed by atoms with Crippen LogP contribution >= 0.6 is 11.6 Å². The molecule has 0 unspecified atom stereocenters. The first-order valence-electron chi connectivity index (χ1n) is 4.67. The molecule has 0 amide bonds. The third-order valence-corrected chi connectivity index (χ3v) is 2.11. The van der Waals surface area contributed by atoms with Crippen LogP contribution in [-0.4, -0.2) is 24.5 Å². The maximum atomic E-state index is 5.57. The van der Waals surface area contributed by atoms with E-state index in [-0.39, 0.29) is 0 Å². The van der Waals surface area contributed by atoms with Gasteiger partial charge in [-0.3, -0.25) is 0 Å². The number of ether oxygens (including phenoxy) is 1. The van der Waals surface area contributed by atoms with Gasteiger partial charge in [0.25, 0.3) is 0 Å². The van der Waals surface area contributed by atoms with Gasteiger partial charge in [0.15, 0.2) is 11.6 Å². The lowest BCUT2D eigenvalue weighted by Gasteiger charge is -2.08. The summed E-state index contributed by atoms with van der Waals surface area (Å²) in [7, 11) is 1.64. The minimum absolute atomic E-state index is 0.709. The number of unbranched alkanes of at least 4 members (excludes halogenated alkanes) is 1. The number of rotatable bonds is 6. The molecule has 4 heteroatoms. The lowest BCUT2D eigenvalue weighted by atomic mass is 10.3. The number of alkyl halides is 1. The van der Waals surface area contributed by atoms with Crippen molar-refractivity contribution < 1.29 is 4.74 Å². The quantitative estimate of drug-likeness (QED) is 0.584. The molecular weight excluding hydrogens is 200 g/mol. The van der Waals surface area contributed by atoms with Crippen LogP contribution in [0.4, 0.5) is 5.82 Å². The van der Waals surface area contributed by atoms with Crippen LogP contribution in [0.5, 0.6) is 5.75 Å². The lowest BCUT2D eigenvalue weighted by molar-refractivity contribution is 0.415. The van der Waals surface area contributed by atoms with Crippen molar-refractivity contribution in [1.29, 1.82) is 0 Å². The molecule has 14 heavy (non-hydrogen) atoms. The largest absolute Gasteiger partial charge is 0.493 e. The van der Waals surface area contributed by atoms with Crippen molar-refractivity contribution in [1.82, 2.24) is 4.98 Å². The summed E-state index contributed by atoms with van der Waals surface area (Å²) in [5, 5.41) is 3.20. The summed E-state index contributed by atoms with van der Waals surface area (Å²) < 4.78 is 5.15. The third-order valence-electron chi connectivity index (χ3n) is 1.84. The van der Waals surface area contributed by atoms with Crippen LogP contribution in [0.2, 0.25) is 0 Å². The monoisotopic (exact) mass is 214 g/mol. The van der Waals surface area contributed by atoms with E-state index in [9.17, 15) is 0 Å². The van der Waals surface area contributed by atoms with Crippen molar-refractivity contribution >= 4 is 17.4 Å². The van der Waals surface area contributed by atoms with E-state index in [4.69, 9.17) is 16.3 Å². The number of hydrogen-bond donors (Lipinski definition) is 1. The van der Waals surface area contributed by atoms with Crippen molar-refractivity contribution in [3.63, 3.8) is 0 Å². The first-order valence-corrected chi connectivity index (χ1v) is 5.20. The molecule has 1 N–H and O–H groups in total. The minimum Gasteiger partial charge on any atom is -0.493 e. The van der Waals surface area contributed by atoms with E-state index in [1.54, 1.807) is 13.3 Å². The maximum absolute atomic E-state index is 5.57. The molecule has 0 aromatic carbocycles. The minimum atomic E-state index is 0.709. The highest BCUT2D eigenvalue weighted by Gasteiger charge is 2.00. The molecule has 0 aliphatic carbocycles. The Bertz CT molecular complexity index is 268. The Balaban J connectivity index is 2.41. The molecule has 3 nitrogen and oxygen atoms in total. The van der Waals surface area contributed by atoms with Crippen molar-refractivity contribution in [2.24, 2.45) is 0 Å². The standard InChI is InChI=1S/C10H15ClN2O/c1-14-9-5-4-8-13-10(9)12-7-3-2-6-11/h4-5,8H,2-3,6-7H2,1H3,(H,12,13). The zero-order chi connectivity index (χ0) is 10.2. The van der Waals surface area contributed by atoms with E-state index >= 15 is 0 Å². The zero-order valence-electron chi connectivity index (χ0n) is 8.29. The zero-order valence-corrected chi connectivity index (χ0v) is 9.05. The Morgan fingerprint density at radius 1 is 1.50 bits per heavy atom. The van der Waals surface area contributed by atoms with E-state index in [2.05, 4.69) is 10.3 Å². The van der Waals surface area contributed by atoms with Crippen LogP contribution in [0, 0.1) is 0 Å². The Labute approximate surface area is 89.4 Å². The van der Waals surface area contributed by atoms with Gasteiger partial charge in [0.1, 0.15) is 0 Å². The number of halogens is 1. The number of hydrogen-bond acceptors (Lipinski definition) is 3. The van der Waals surface area contributed by atoms with Crippen LogP contribution < -0.4 is 10.1 Å². The Morgan fingerprint density at radius 3 is 3.07 bits per heavy atom. The molecule has 0 atom stereocenters. The molecule has 78 valence electrons. The van der Waals surface area contributed by atoms with Gasteiger partial charge in [0.2, 0.25) is 0 Å². The van der Waals surface area contributed by atoms with E-state index in [0.29, 0.717) is 5.88 Å². The van der Waals surface area contributed by atoms with Crippen molar-refractivity contribution in [2.45, 2.75) is 12.8 Å². The van der Waals surface area contributed by atoms with E-state index in [1.807, 2.05) is 12.1 Å². The van der Waals surface area contributed by atoms with Gasteiger partial charge in [-0.25, -0.2) is 4.98 Å². The van der Waals surface area contributed by atoms with E-state index < -0.39 is 0 Å².